The summed E-state index contributed by atoms with van der Waals surface area (Å²) < 4.78 is 3.73. The maximum Gasteiger partial charge on any atom is 0.326 e. The molecular weight excluding hydrogens is 484 g/mol. The monoisotopic (exact) mass is 513 g/mol. The van der Waals surface area contributed by atoms with Gasteiger partial charge in [-0.2, -0.15) is 5.10 Å². The van der Waals surface area contributed by atoms with Crippen LogP contribution in [0.4, 0.5) is 0 Å². The van der Waals surface area contributed by atoms with E-state index in [1.807, 2.05) is 41.9 Å². The van der Waals surface area contributed by atoms with Crippen molar-refractivity contribution in [1.82, 2.24) is 29.2 Å². The fourth-order valence-electron chi connectivity index (χ4n) is 5.87. The lowest BCUT2D eigenvalue weighted by molar-refractivity contribution is 0.180. The molecule has 0 amide bonds. The Labute approximate surface area is 226 Å². The molecule has 3 aromatic carbocycles. The molecular formula is C32H29N6O. The van der Waals surface area contributed by atoms with Crippen LogP contribution in [0.25, 0.3) is 44.5 Å². The van der Waals surface area contributed by atoms with E-state index in [2.05, 4.69) is 75.8 Å². The molecule has 1 radical (unpaired) electrons. The summed E-state index contributed by atoms with van der Waals surface area (Å²) in [5, 5.41) is 5.20. The second kappa shape index (κ2) is 9.67. The molecule has 7 heteroatoms. The second-order valence-corrected chi connectivity index (χ2v) is 10.4. The molecule has 3 aromatic heterocycles. The van der Waals surface area contributed by atoms with Gasteiger partial charge in [-0.25, -0.2) is 14.5 Å². The lowest BCUT2D eigenvalue weighted by Crippen LogP contribution is -2.36. The number of fused-ring (bicyclic) bond motifs is 2. The van der Waals surface area contributed by atoms with Crippen molar-refractivity contribution in [1.29, 1.82) is 0 Å². The molecule has 0 atom stereocenters. The zero-order valence-electron chi connectivity index (χ0n) is 21.8. The minimum Gasteiger partial charge on any atom is -0.306 e. The minimum atomic E-state index is -0.00378. The smallest absolute Gasteiger partial charge is 0.306 e. The predicted molar refractivity (Wildman–Crippen MR) is 154 cm³/mol. The maximum absolute atomic E-state index is 12.6. The van der Waals surface area contributed by atoms with Crippen molar-refractivity contribution in [3.05, 3.63) is 107 Å². The summed E-state index contributed by atoms with van der Waals surface area (Å²) in [6, 6.07) is 29.5. The molecule has 6 aromatic rings. The minimum absolute atomic E-state index is 0.00378. The van der Waals surface area contributed by atoms with Crippen LogP contribution in [0.2, 0.25) is 0 Å². The molecule has 4 heterocycles. The van der Waals surface area contributed by atoms with Gasteiger partial charge in [-0.15, -0.1) is 0 Å². The first-order valence-electron chi connectivity index (χ1n) is 13.5. The molecule has 0 spiro atoms. The van der Waals surface area contributed by atoms with Crippen LogP contribution in [0.5, 0.6) is 0 Å². The molecule has 0 aliphatic carbocycles. The normalized spacial score (nSPS) is 14.9. The van der Waals surface area contributed by atoms with Gasteiger partial charge in [0, 0.05) is 49.2 Å². The average Bonchev–Trinajstić information content (AvgIpc) is 3.52. The number of likely N-dealkylation sites (tertiary alicyclic amines) is 1. The molecule has 1 fully saturated rings. The van der Waals surface area contributed by atoms with Gasteiger partial charge < -0.3 is 4.98 Å². The number of hydrogen-bond donors (Lipinski definition) is 1. The number of hydrogen-bond acceptors (Lipinski definition) is 4. The quantitative estimate of drug-likeness (QED) is 0.327. The number of benzene rings is 3. The Morgan fingerprint density at radius 3 is 2.46 bits per heavy atom. The lowest BCUT2D eigenvalue weighted by Gasteiger charge is -2.32. The third-order valence-corrected chi connectivity index (χ3v) is 7.89. The van der Waals surface area contributed by atoms with Crippen molar-refractivity contribution in [2.24, 2.45) is 7.05 Å². The van der Waals surface area contributed by atoms with Gasteiger partial charge in [0.05, 0.1) is 16.7 Å². The number of nitrogens with one attached hydrogen (secondary N) is 1. The number of imidazole rings is 1. The SMILES string of the molecule is Cn1n[c]c2cc(-c3ccccc3)c(-c3ccc(CN4CCC(n5c(=O)[nH]c6ccccc65)CC4)cc3)nc21. The van der Waals surface area contributed by atoms with Crippen LogP contribution in [-0.2, 0) is 13.6 Å². The second-order valence-electron chi connectivity index (χ2n) is 10.4. The van der Waals surface area contributed by atoms with Gasteiger partial charge in [0.1, 0.15) is 6.20 Å². The van der Waals surface area contributed by atoms with Gasteiger partial charge in [-0.05, 0) is 42.2 Å². The van der Waals surface area contributed by atoms with E-state index >= 15 is 0 Å². The molecule has 0 unspecified atom stereocenters. The van der Waals surface area contributed by atoms with Crippen molar-refractivity contribution < 1.29 is 0 Å². The predicted octanol–water partition coefficient (Wildman–Crippen LogP) is 5.58. The Balaban J connectivity index is 1.10. The molecule has 193 valence electrons. The van der Waals surface area contributed by atoms with Crippen molar-refractivity contribution in [2.75, 3.05) is 13.1 Å². The van der Waals surface area contributed by atoms with Gasteiger partial charge in [-0.1, -0.05) is 66.7 Å². The first-order valence-corrected chi connectivity index (χ1v) is 13.5. The average molecular weight is 514 g/mol. The fourth-order valence-corrected chi connectivity index (χ4v) is 5.87. The highest BCUT2D eigenvalue weighted by Gasteiger charge is 2.23. The van der Waals surface area contributed by atoms with E-state index in [1.54, 1.807) is 4.68 Å². The summed E-state index contributed by atoms with van der Waals surface area (Å²) >= 11 is 0. The number of aryl methyl sites for hydroxylation is 1. The van der Waals surface area contributed by atoms with Gasteiger partial charge in [-0.3, -0.25) is 9.47 Å². The van der Waals surface area contributed by atoms with Crippen LogP contribution in [0.1, 0.15) is 24.4 Å². The standard InChI is InChI=1S/C32H29N6O/c1-36-31-25(20-33-36)19-27(23-7-3-2-4-8-23)30(35-31)24-13-11-22(12-14-24)21-37-17-15-26(16-18-37)38-29-10-6-5-9-28(29)34-32(38)39/h2-14,19,26H,15-18,21H2,1H3,(H,34,39). The third kappa shape index (κ3) is 4.34. The Morgan fingerprint density at radius 2 is 1.67 bits per heavy atom. The van der Waals surface area contributed by atoms with Crippen molar-refractivity contribution >= 4 is 22.1 Å². The molecule has 1 N–H and O–H groups in total. The summed E-state index contributed by atoms with van der Waals surface area (Å²) in [4.78, 5) is 23.1. The first-order chi connectivity index (χ1) is 19.1. The lowest BCUT2D eigenvalue weighted by atomic mass is 9.97. The number of aromatic nitrogens is 5. The molecule has 39 heavy (non-hydrogen) atoms. The molecule has 1 aliphatic heterocycles. The zero-order valence-corrected chi connectivity index (χ0v) is 21.8. The number of rotatable bonds is 5. The van der Waals surface area contributed by atoms with Crippen molar-refractivity contribution in [3.8, 4) is 22.4 Å². The number of nitrogens with zero attached hydrogens (tertiary/aromatic N) is 5. The zero-order chi connectivity index (χ0) is 26.3. The van der Waals surface area contributed by atoms with Crippen LogP contribution in [-0.4, -0.2) is 42.3 Å². The molecule has 0 bridgehead atoms. The van der Waals surface area contributed by atoms with E-state index in [-0.39, 0.29) is 11.7 Å². The van der Waals surface area contributed by atoms with Crippen LogP contribution in [0.15, 0.2) is 89.7 Å². The molecule has 0 saturated carbocycles. The Morgan fingerprint density at radius 1 is 0.923 bits per heavy atom. The first kappa shape index (κ1) is 23.6. The fraction of sp³-hybridized carbons (Fsp3) is 0.219. The van der Waals surface area contributed by atoms with Crippen LogP contribution < -0.4 is 5.69 Å². The summed E-state index contributed by atoms with van der Waals surface area (Å²) in [5.74, 6) is 0. The van der Waals surface area contributed by atoms with Gasteiger partial charge in [0.15, 0.2) is 5.65 Å². The Kier molecular flexibility index (Phi) is 5.86. The highest BCUT2D eigenvalue weighted by Crippen LogP contribution is 2.33. The largest absolute Gasteiger partial charge is 0.326 e. The van der Waals surface area contributed by atoms with Gasteiger partial charge >= 0.3 is 5.69 Å². The number of para-hydroxylation sites is 2. The van der Waals surface area contributed by atoms with Crippen molar-refractivity contribution in [3.63, 3.8) is 0 Å². The van der Waals surface area contributed by atoms with E-state index in [4.69, 9.17) is 4.98 Å². The third-order valence-electron chi connectivity index (χ3n) is 7.89. The van der Waals surface area contributed by atoms with Crippen LogP contribution in [0.3, 0.4) is 0 Å². The topological polar surface area (TPSA) is 71.7 Å². The van der Waals surface area contributed by atoms with Crippen molar-refractivity contribution in [2.45, 2.75) is 25.4 Å². The summed E-state index contributed by atoms with van der Waals surface area (Å²) in [5.41, 5.74) is 8.24. The molecule has 7 nitrogen and oxygen atoms in total. The summed E-state index contributed by atoms with van der Waals surface area (Å²) in [6.45, 7) is 2.82. The van der Waals surface area contributed by atoms with E-state index < -0.39 is 0 Å². The number of aromatic amines is 1. The van der Waals surface area contributed by atoms with Gasteiger partial charge in [0.25, 0.3) is 0 Å². The van der Waals surface area contributed by atoms with E-state index in [1.165, 1.54) is 5.56 Å². The maximum atomic E-state index is 12.6. The number of H-pyrrole nitrogens is 1. The molecule has 7 rings (SSSR count). The van der Waals surface area contributed by atoms with E-state index in [0.29, 0.717) is 0 Å². The highest BCUT2D eigenvalue weighted by molar-refractivity contribution is 5.90. The molecule has 1 saturated heterocycles. The molecule has 1 aliphatic rings. The summed E-state index contributed by atoms with van der Waals surface area (Å²) in [7, 11) is 1.90. The summed E-state index contributed by atoms with van der Waals surface area (Å²) in [6.07, 6.45) is 5.01. The Bertz CT molecular complexity index is 1820. The Hall–Kier alpha value is -4.49. The van der Waals surface area contributed by atoms with E-state index in [0.717, 1.165) is 76.9 Å². The van der Waals surface area contributed by atoms with Crippen LogP contribution >= 0.6 is 0 Å². The van der Waals surface area contributed by atoms with Gasteiger partial charge in [0.2, 0.25) is 0 Å². The number of pyridine rings is 1. The highest BCUT2D eigenvalue weighted by atomic mass is 16.1. The van der Waals surface area contributed by atoms with E-state index in [9.17, 15) is 4.79 Å². The number of piperidine rings is 1. The van der Waals surface area contributed by atoms with Crippen LogP contribution in [0, 0.1) is 6.20 Å².